The van der Waals surface area contributed by atoms with Gasteiger partial charge >= 0.3 is 0 Å². The first-order chi connectivity index (χ1) is 19.2. The van der Waals surface area contributed by atoms with Crippen LogP contribution in [-0.4, -0.2) is 69.2 Å². The summed E-state index contributed by atoms with van der Waals surface area (Å²) >= 11 is 6.23. The van der Waals surface area contributed by atoms with E-state index in [1.165, 1.54) is 5.94 Å². The summed E-state index contributed by atoms with van der Waals surface area (Å²) in [6, 6.07) is 7.20. The van der Waals surface area contributed by atoms with Crippen LogP contribution in [-0.2, 0) is 4.79 Å². The molecule has 1 aromatic carbocycles. The average molecular weight is 569 g/mol. The second-order valence-corrected chi connectivity index (χ2v) is 9.85. The van der Waals surface area contributed by atoms with E-state index in [2.05, 4.69) is 36.9 Å². The summed E-state index contributed by atoms with van der Waals surface area (Å²) in [6.07, 6.45) is 3.55. The zero-order chi connectivity index (χ0) is 30.0. The Labute approximate surface area is 242 Å². The Kier molecular flexibility index (Phi) is 12.4. The molecule has 9 nitrogen and oxygen atoms in total. The van der Waals surface area contributed by atoms with Crippen molar-refractivity contribution in [1.82, 2.24) is 19.5 Å². The number of benzene rings is 1. The number of rotatable bonds is 4. The number of aryl methyl sites for hydroxylation is 1. The molecule has 2 aliphatic heterocycles. The number of carbonyl (C=O) groups is 1. The molecule has 2 N–H and O–H groups in total. The molecular weight excluding hydrogens is 528 g/mol. The molecule has 0 spiro atoms. The van der Waals surface area contributed by atoms with Crippen LogP contribution in [0, 0.1) is 12.8 Å². The molecule has 0 bridgehead atoms. The lowest BCUT2D eigenvalue weighted by Crippen LogP contribution is -2.51. The molecule has 5 rings (SSSR count). The predicted octanol–water partition coefficient (Wildman–Crippen LogP) is 5.36. The van der Waals surface area contributed by atoms with Crippen LogP contribution in [0.1, 0.15) is 61.3 Å². The maximum Gasteiger partial charge on any atom is 0.256 e. The van der Waals surface area contributed by atoms with Crippen molar-refractivity contribution in [2.24, 2.45) is 5.92 Å². The third-order valence-electron chi connectivity index (χ3n) is 6.69. The number of aliphatic hydroxyl groups is 1. The van der Waals surface area contributed by atoms with E-state index >= 15 is 0 Å². The summed E-state index contributed by atoms with van der Waals surface area (Å²) in [5.41, 5.74) is 3.93. The smallest absolute Gasteiger partial charge is 0.256 e. The number of nitrogens with one attached hydrogen (secondary N) is 1. The molecule has 40 heavy (non-hydrogen) atoms. The molecule has 2 aliphatic rings. The Morgan fingerprint density at radius 3 is 2.42 bits per heavy atom. The van der Waals surface area contributed by atoms with Crippen molar-refractivity contribution < 1.29 is 14.7 Å². The molecule has 0 unspecified atom stereocenters. The lowest BCUT2D eigenvalue weighted by molar-refractivity contribution is 0.0538. The van der Waals surface area contributed by atoms with Crippen LogP contribution < -0.4 is 10.2 Å². The molecule has 2 aromatic heterocycles. The second-order valence-electron chi connectivity index (χ2n) is 9.42. The minimum Gasteiger partial charge on any atom is -0.389 e. The van der Waals surface area contributed by atoms with Crippen molar-refractivity contribution in [3.05, 3.63) is 72.0 Å². The first-order valence-corrected chi connectivity index (χ1v) is 13.9. The highest BCUT2D eigenvalue weighted by molar-refractivity contribution is 6.31. The van der Waals surface area contributed by atoms with Gasteiger partial charge in [-0.2, -0.15) is 5.10 Å². The molecule has 3 aromatic rings. The Bertz CT molecular complexity index is 1310. The third kappa shape index (κ3) is 7.30. The van der Waals surface area contributed by atoms with Crippen molar-refractivity contribution in [1.29, 1.82) is 0 Å². The lowest BCUT2D eigenvalue weighted by Gasteiger charge is -2.38. The van der Waals surface area contributed by atoms with E-state index < -0.39 is 0 Å². The maximum atomic E-state index is 13.7. The number of hydrogen-bond donors (Lipinski definition) is 2. The van der Waals surface area contributed by atoms with Crippen LogP contribution in [0.25, 0.3) is 5.65 Å². The number of β-amino-alcohol motifs (C(OH)–C–C–N with tert-alkyl or cyclic N) is 1. The van der Waals surface area contributed by atoms with Crippen LogP contribution in [0.2, 0.25) is 5.02 Å². The summed E-state index contributed by atoms with van der Waals surface area (Å²) in [7, 11) is 1.81. The number of likely N-dealkylation sites (tertiary alicyclic amines) is 1. The van der Waals surface area contributed by atoms with Gasteiger partial charge in [0.15, 0.2) is 5.65 Å². The first-order valence-electron chi connectivity index (χ1n) is 13.5. The fourth-order valence-electron chi connectivity index (χ4n) is 4.88. The maximum absolute atomic E-state index is 13.7. The number of nitrogens with zero attached hydrogens (tertiary/aromatic N) is 5. The van der Waals surface area contributed by atoms with Crippen molar-refractivity contribution in [3.8, 4) is 0 Å². The van der Waals surface area contributed by atoms with Gasteiger partial charge in [0.2, 0.25) is 0 Å². The monoisotopic (exact) mass is 568 g/mol. The Morgan fingerprint density at radius 1 is 1.18 bits per heavy atom. The summed E-state index contributed by atoms with van der Waals surface area (Å²) in [4.78, 5) is 31.1. The van der Waals surface area contributed by atoms with Gasteiger partial charge < -0.3 is 20.2 Å². The van der Waals surface area contributed by atoms with Crippen molar-refractivity contribution in [2.45, 2.75) is 52.7 Å². The fourth-order valence-corrected chi connectivity index (χ4v) is 5.05. The molecule has 0 saturated carbocycles. The summed E-state index contributed by atoms with van der Waals surface area (Å²) in [5.74, 6) is 2.49. The minimum atomic E-state index is -0.291. The third-order valence-corrected chi connectivity index (χ3v) is 6.92. The molecule has 4 heterocycles. The van der Waals surface area contributed by atoms with Crippen LogP contribution in [0.15, 0.2) is 50.2 Å². The fraction of sp³-hybridized carbons (Fsp3) is 0.433. The number of carbonyl (C=O) groups excluding carboxylic acids is 2. The van der Waals surface area contributed by atoms with E-state index in [1.807, 2.05) is 44.0 Å². The lowest BCUT2D eigenvalue weighted by atomic mass is 9.91. The molecule has 0 aliphatic carbocycles. The number of aromatic nitrogens is 3. The Hall–Kier alpha value is -3.65. The van der Waals surface area contributed by atoms with Gasteiger partial charge in [0.05, 0.1) is 23.4 Å². The highest BCUT2D eigenvalue weighted by Gasteiger charge is 2.34. The van der Waals surface area contributed by atoms with Crippen LogP contribution in [0.4, 0.5) is 11.5 Å². The minimum absolute atomic E-state index is 0.0464. The Balaban J connectivity index is 0.000000737. The SMILES string of the molecule is C=C.C=C=O.CC.CNc1ccc(Cl)cc1C(=O)N1C[C@@H](C)CC[C@H]1c1cc2nc(N3CC(O)C3)c(C)cn2n1. The van der Waals surface area contributed by atoms with E-state index in [-0.39, 0.29) is 18.1 Å². The molecular formula is C30H41ClN6O3. The van der Waals surface area contributed by atoms with Crippen molar-refractivity contribution in [2.75, 3.05) is 36.9 Å². The second kappa shape index (κ2) is 15.2. The number of fused-ring (bicyclic) bond motifs is 1. The van der Waals surface area contributed by atoms with Gasteiger partial charge in [-0.25, -0.2) is 14.3 Å². The number of piperidine rings is 1. The van der Waals surface area contributed by atoms with E-state index in [0.29, 0.717) is 36.1 Å². The standard InChI is InChI=1S/C24H29ClN6O2.C2H2O.C2H6.C2H4/c1-14-4-7-21(30(10-14)24(33)18-8-16(25)5-6-19(18)26-3)20-9-22-27-23(29-12-17(32)13-29)15(2)11-31(22)28-20;1-2-3;2*1-2/h5-6,8-9,11,14,17,21,26,32H,4,7,10,12-13H2,1-3H3;1H2;1-2H3;1-2H2/t14-,21-;;;/m0.../s1. The predicted molar refractivity (Wildman–Crippen MR) is 163 cm³/mol. The van der Waals surface area contributed by atoms with Gasteiger partial charge in [0.1, 0.15) is 11.8 Å². The zero-order valence-electron chi connectivity index (χ0n) is 24.2. The van der Waals surface area contributed by atoms with Gasteiger partial charge in [0, 0.05) is 55.2 Å². The summed E-state index contributed by atoms with van der Waals surface area (Å²) in [5, 5.41) is 18.1. The van der Waals surface area contributed by atoms with Gasteiger partial charge in [-0.05, 0) is 50.5 Å². The highest BCUT2D eigenvalue weighted by atomic mass is 35.5. The van der Waals surface area contributed by atoms with Crippen molar-refractivity contribution >= 4 is 40.6 Å². The average Bonchev–Trinajstić information content (AvgIpc) is 3.35. The molecule has 2 saturated heterocycles. The molecule has 0 radical (unpaired) electrons. The summed E-state index contributed by atoms with van der Waals surface area (Å²) < 4.78 is 1.80. The first kappa shape index (κ1) is 32.6. The topological polar surface area (TPSA) is 103 Å². The number of hydrogen-bond acceptors (Lipinski definition) is 7. The van der Waals surface area contributed by atoms with Gasteiger partial charge in [-0.3, -0.25) is 4.79 Å². The van der Waals surface area contributed by atoms with Crippen LogP contribution in [0.3, 0.4) is 0 Å². The van der Waals surface area contributed by atoms with Crippen molar-refractivity contribution in [3.63, 3.8) is 0 Å². The quantitative estimate of drug-likeness (QED) is 0.322. The molecule has 1 amide bonds. The van der Waals surface area contributed by atoms with Gasteiger partial charge in [-0.15, -0.1) is 13.2 Å². The molecule has 10 heteroatoms. The summed E-state index contributed by atoms with van der Waals surface area (Å²) in [6.45, 7) is 18.7. The molecule has 2 atom stereocenters. The Morgan fingerprint density at radius 2 is 1.82 bits per heavy atom. The number of amides is 1. The van der Waals surface area contributed by atoms with Crippen LogP contribution in [0.5, 0.6) is 0 Å². The normalized spacial score (nSPS) is 18.1. The van der Waals surface area contributed by atoms with Crippen LogP contribution >= 0.6 is 11.6 Å². The number of halogens is 1. The van der Waals surface area contributed by atoms with Gasteiger partial charge in [-0.1, -0.05) is 32.4 Å². The van der Waals surface area contributed by atoms with E-state index in [4.69, 9.17) is 26.5 Å². The number of anilines is 2. The van der Waals surface area contributed by atoms with E-state index in [1.54, 1.807) is 23.7 Å². The van der Waals surface area contributed by atoms with E-state index in [9.17, 15) is 9.90 Å². The number of aliphatic hydroxyl groups excluding tert-OH is 1. The zero-order valence-corrected chi connectivity index (χ0v) is 24.9. The largest absolute Gasteiger partial charge is 0.389 e. The molecule has 2 fully saturated rings. The van der Waals surface area contributed by atoms with E-state index in [0.717, 1.165) is 41.3 Å². The highest BCUT2D eigenvalue weighted by Crippen LogP contribution is 2.36. The van der Waals surface area contributed by atoms with Gasteiger partial charge in [0.25, 0.3) is 5.91 Å². The molecule has 216 valence electrons.